The molecule has 2 rings (SSSR count). The summed E-state index contributed by atoms with van der Waals surface area (Å²) in [4.78, 5) is 39.9. The number of hydrogen-bond acceptors (Lipinski definition) is 3. The van der Waals surface area contributed by atoms with Crippen LogP contribution in [0.5, 0.6) is 0 Å². The van der Waals surface area contributed by atoms with E-state index in [9.17, 15) is 18.8 Å². The quantitative estimate of drug-likeness (QED) is 0.800. The predicted molar refractivity (Wildman–Crippen MR) is 95.7 cm³/mol. The molecule has 0 atom stereocenters. The van der Waals surface area contributed by atoms with Gasteiger partial charge in [-0.25, -0.2) is 4.39 Å². The highest BCUT2D eigenvalue weighted by molar-refractivity contribution is 6.04. The van der Waals surface area contributed by atoms with Crippen molar-refractivity contribution in [3.8, 4) is 0 Å². The molecule has 1 heterocycles. The Balaban J connectivity index is 1.85. The Hall–Kier alpha value is -2.44. The van der Waals surface area contributed by atoms with E-state index in [1.807, 2.05) is 0 Å². The summed E-state index contributed by atoms with van der Waals surface area (Å²) in [5, 5.41) is 2.79. The molecule has 1 aromatic carbocycles. The standard InChI is InChI=1S/C19H26FN3O3/c1-14(24)22-10-12-23(13-11-22)18(26)19(2,3)17(25)21-9-8-15-4-6-16(20)7-5-15/h4-7H,8-13H2,1-3H3,(H,21,25). The van der Waals surface area contributed by atoms with Gasteiger partial charge >= 0.3 is 0 Å². The topological polar surface area (TPSA) is 69.7 Å². The van der Waals surface area contributed by atoms with Crippen molar-refractivity contribution in [3.63, 3.8) is 0 Å². The molecule has 1 N–H and O–H groups in total. The first-order chi connectivity index (χ1) is 12.2. The molecule has 1 aromatic rings. The number of nitrogens with one attached hydrogen (secondary N) is 1. The Bertz CT molecular complexity index is 665. The van der Waals surface area contributed by atoms with E-state index < -0.39 is 5.41 Å². The number of benzene rings is 1. The van der Waals surface area contributed by atoms with Crippen LogP contribution in [0.1, 0.15) is 26.3 Å². The van der Waals surface area contributed by atoms with Crippen molar-refractivity contribution in [1.82, 2.24) is 15.1 Å². The summed E-state index contributed by atoms with van der Waals surface area (Å²) < 4.78 is 12.9. The normalized spacial score (nSPS) is 14.9. The molecule has 1 aliphatic rings. The minimum atomic E-state index is -1.18. The number of carbonyl (C=O) groups excluding carboxylic acids is 3. The lowest BCUT2D eigenvalue weighted by atomic mass is 9.90. The zero-order chi connectivity index (χ0) is 19.3. The molecule has 0 bridgehead atoms. The average Bonchev–Trinajstić information content (AvgIpc) is 2.62. The van der Waals surface area contributed by atoms with Crippen molar-refractivity contribution < 1.29 is 18.8 Å². The Kier molecular flexibility index (Phi) is 6.34. The number of amides is 3. The molecule has 1 saturated heterocycles. The van der Waals surface area contributed by atoms with Gasteiger partial charge < -0.3 is 15.1 Å². The van der Waals surface area contributed by atoms with E-state index >= 15 is 0 Å². The fraction of sp³-hybridized carbons (Fsp3) is 0.526. The summed E-state index contributed by atoms with van der Waals surface area (Å²) >= 11 is 0. The molecule has 0 spiro atoms. The van der Waals surface area contributed by atoms with E-state index in [0.29, 0.717) is 39.1 Å². The fourth-order valence-electron chi connectivity index (χ4n) is 2.91. The number of carbonyl (C=O) groups is 3. The monoisotopic (exact) mass is 363 g/mol. The van der Waals surface area contributed by atoms with E-state index in [4.69, 9.17) is 0 Å². The van der Waals surface area contributed by atoms with E-state index in [-0.39, 0.29) is 23.5 Å². The van der Waals surface area contributed by atoms with Gasteiger partial charge in [-0.15, -0.1) is 0 Å². The van der Waals surface area contributed by atoms with Crippen molar-refractivity contribution in [2.45, 2.75) is 27.2 Å². The number of nitrogens with zero attached hydrogens (tertiary/aromatic N) is 2. The third kappa shape index (κ3) is 4.80. The molecule has 0 aliphatic carbocycles. The maximum atomic E-state index is 12.9. The first kappa shape index (κ1) is 19.9. The van der Waals surface area contributed by atoms with Gasteiger partial charge in [0.1, 0.15) is 11.2 Å². The van der Waals surface area contributed by atoms with E-state index in [2.05, 4.69) is 5.32 Å². The van der Waals surface area contributed by atoms with Crippen LogP contribution in [0.2, 0.25) is 0 Å². The van der Waals surface area contributed by atoms with Gasteiger partial charge in [0.2, 0.25) is 17.7 Å². The highest BCUT2D eigenvalue weighted by Gasteiger charge is 2.39. The van der Waals surface area contributed by atoms with Crippen LogP contribution in [0.3, 0.4) is 0 Å². The number of piperazine rings is 1. The molecule has 1 aliphatic heterocycles. The second-order valence-electron chi connectivity index (χ2n) is 7.06. The lowest BCUT2D eigenvalue weighted by Gasteiger charge is -2.37. The molecule has 26 heavy (non-hydrogen) atoms. The van der Waals surface area contributed by atoms with Crippen molar-refractivity contribution in [2.75, 3.05) is 32.7 Å². The maximum Gasteiger partial charge on any atom is 0.237 e. The van der Waals surface area contributed by atoms with Gasteiger partial charge in [-0.1, -0.05) is 12.1 Å². The van der Waals surface area contributed by atoms with Gasteiger partial charge in [0.15, 0.2) is 0 Å². The summed E-state index contributed by atoms with van der Waals surface area (Å²) in [5.74, 6) is -0.872. The third-order valence-electron chi connectivity index (χ3n) is 4.73. The molecule has 1 fully saturated rings. The van der Waals surface area contributed by atoms with Crippen molar-refractivity contribution in [3.05, 3.63) is 35.6 Å². The fourth-order valence-corrected chi connectivity index (χ4v) is 2.91. The number of hydrogen-bond donors (Lipinski definition) is 1. The minimum Gasteiger partial charge on any atom is -0.355 e. The first-order valence-corrected chi connectivity index (χ1v) is 8.79. The molecule has 3 amide bonds. The van der Waals surface area contributed by atoms with E-state index in [1.54, 1.807) is 35.8 Å². The van der Waals surface area contributed by atoms with Crippen LogP contribution in [0, 0.1) is 11.2 Å². The van der Waals surface area contributed by atoms with Gasteiger partial charge in [0, 0.05) is 39.6 Å². The van der Waals surface area contributed by atoms with Crippen LogP contribution in [0.4, 0.5) is 4.39 Å². The van der Waals surface area contributed by atoms with Crippen LogP contribution in [-0.2, 0) is 20.8 Å². The van der Waals surface area contributed by atoms with Gasteiger partial charge in [0.05, 0.1) is 0 Å². The molecular formula is C19H26FN3O3. The Morgan fingerprint density at radius 2 is 1.58 bits per heavy atom. The number of rotatable bonds is 5. The summed E-state index contributed by atoms with van der Waals surface area (Å²) in [6.45, 7) is 6.96. The van der Waals surface area contributed by atoms with Crippen LogP contribution in [0.25, 0.3) is 0 Å². The molecule has 0 unspecified atom stereocenters. The van der Waals surface area contributed by atoms with Crippen LogP contribution < -0.4 is 5.32 Å². The maximum absolute atomic E-state index is 12.9. The number of halogens is 1. The van der Waals surface area contributed by atoms with Crippen molar-refractivity contribution >= 4 is 17.7 Å². The second kappa shape index (κ2) is 8.29. The SMILES string of the molecule is CC(=O)N1CCN(C(=O)C(C)(C)C(=O)NCCc2ccc(F)cc2)CC1. The molecule has 6 nitrogen and oxygen atoms in total. The molecule has 0 aromatic heterocycles. The van der Waals surface area contributed by atoms with Crippen molar-refractivity contribution in [2.24, 2.45) is 5.41 Å². The van der Waals surface area contributed by atoms with Crippen LogP contribution >= 0.6 is 0 Å². The molecule has 0 radical (unpaired) electrons. The summed E-state index contributed by atoms with van der Waals surface area (Å²) in [5.41, 5.74) is -0.266. The first-order valence-electron chi connectivity index (χ1n) is 8.79. The highest BCUT2D eigenvalue weighted by atomic mass is 19.1. The smallest absolute Gasteiger partial charge is 0.237 e. The average molecular weight is 363 g/mol. The lowest BCUT2D eigenvalue weighted by molar-refractivity contribution is -0.151. The minimum absolute atomic E-state index is 0.00473. The summed E-state index contributed by atoms with van der Waals surface area (Å²) in [7, 11) is 0. The molecule has 0 saturated carbocycles. The van der Waals surface area contributed by atoms with Crippen LogP contribution in [-0.4, -0.2) is 60.2 Å². The Morgan fingerprint density at radius 1 is 1.04 bits per heavy atom. The van der Waals surface area contributed by atoms with Gasteiger partial charge in [0.25, 0.3) is 0 Å². The second-order valence-corrected chi connectivity index (χ2v) is 7.06. The highest BCUT2D eigenvalue weighted by Crippen LogP contribution is 2.20. The van der Waals surface area contributed by atoms with Gasteiger partial charge in [-0.3, -0.25) is 14.4 Å². The molecular weight excluding hydrogens is 337 g/mol. The lowest BCUT2D eigenvalue weighted by Crippen LogP contribution is -2.56. The Labute approximate surface area is 153 Å². The van der Waals surface area contributed by atoms with Gasteiger partial charge in [-0.05, 0) is 38.0 Å². The van der Waals surface area contributed by atoms with E-state index in [0.717, 1.165) is 5.56 Å². The largest absolute Gasteiger partial charge is 0.355 e. The zero-order valence-corrected chi connectivity index (χ0v) is 15.5. The summed E-state index contributed by atoms with van der Waals surface area (Å²) in [6, 6.07) is 6.11. The zero-order valence-electron chi connectivity index (χ0n) is 15.5. The Morgan fingerprint density at radius 3 is 2.12 bits per heavy atom. The van der Waals surface area contributed by atoms with Crippen LogP contribution in [0.15, 0.2) is 24.3 Å². The van der Waals surface area contributed by atoms with Crippen molar-refractivity contribution in [1.29, 1.82) is 0 Å². The predicted octanol–water partition coefficient (Wildman–Crippen LogP) is 1.20. The third-order valence-corrected chi connectivity index (χ3v) is 4.73. The molecule has 7 heteroatoms. The molecule has 142 valence electrons. The van der Waals surface area contributed by atoms with Gasteiger partial charge in [-0.2, -0.15) is 0 Å². The van der Waals surface area contributed by atoms with E-state index in [1.165, 1.54) is 19.1 Å². The summed E-state index contributed by atoms with van der Waals surface area (Å²) in [6.07, 6.45) is 0.563.